The van der Waals surface area contributed by atoms with E-state index in [1.165, 1.54) is 11.3 Å². The fourth-order valence-corrected chi connectivity index (χ4v) is 3.75. The van der Waals surface area contributed by atoms with E-state index < -0.39 is 5.97 Å². The molecule has 0 saturated carbocycles. The summed E-state index contributed by atoms with van der Waals surface area (Å²) in [5.41, 5.74) is 0.529. The summed E-state index contributed by atoms with van der Waals surface area (Å²) < 4.78 is 12.4. The van der Waals surface area contributed by atoms with Gasteiger partial charge in [-0.1, -0.05) is 31.5 Å². The Hall–Kier alpha value is -2.67. The van der Waals surface area contributed by atoms with Crippen LogP contribution >= 0.6 is 11.3 Å². The first-order chi connectivity index (χ1) is 13.1. The summed E-state index contributed by atoms with van der Waals surface area (Å²) in [5, 5.41) is 0.506. The second-order valence-electron chi connectivity index (χ2n) is 6.13. The standard InChI is InChI=1S/C20H22N2O4S/c1-3-4-10-22-13-21-18-16(19(22)23)14(2)17(27-18)20(24)26-12-11-25-15-8-6-5-7-9-15/h5-9,13H,3-4,10-12H2,1-2H3. The summed E-state index contributed by atoms with van der Waals surface area (Å²) in [6.07, 6.45) is 3.46. The molecule has 2 heterocycles. The Balaban J connectivity index is 1.68. The lowest BCUT2D eigenvalue weighted by molar-refractivity contribution is 0.0455. The van der Waals surface area contributed by atoms with Crippen LogP contribution in [-0.2, 0) is 11.3 Å². The number of para-hydroxylation sites is 1. The lowest BCUT2D eigenvalue weighted by atomic mass is 10.2. The van der Waals surface area contributed by atoms with Crippen molar-refractivity contribution in [3.05, 3.63) is 57.5 Å². The number of aromatic nitrogens is 2. The first-order valence-electron chi connectivity index (χ1n) is 8.95. The van der Waals surface area contributed by atoms with Crippen molar-refractivity contribution in [1.29, 1.82) is 0 Å². The molecule has 0 aliphatic carbocycles. The summed E-state index contributed by atoms with van der Waals surface area (Å²) >= 11 is 1.19. The molecular weight excluding hydrogens is 364 g/mol. The van der Waals surface area contributed by atoms with Gasteiger partial charge >= 0.3 is 5.97 Å². The molecule has 0 aliphatic heterocycles. The average molecular weight is 386 g/mol. The van der Waals surface area contributed by atoms with Crippen LogP contribution in [0.25, 0.3) is 10.2 Å². The van der Waals surface area contributed by atoms with Crippen molar-refractivity contribution < 1.29 is 14.3 Å². The van der Waals surface area contributed by atoms with Crippen molar-refractivity contribution in [2.75, 3.05) is 13.2 Å². The van der Waals surface area contributed by atoms with Crippen LogP contribution in [0.3, 0.4) is 0 Å². The molecule has 0 atom stereocenters. The number of carbonyl (C=O) groups excluding carboxylic acids is 1. The van der Waals surface area contributed by atoms with E-state index in [4.69, 9.17) is 9.47 Å². The lowest BCUT2D eigenvalue weighted by Crippen LogP contribution is -2.20. The SMILES string of the molecule is CCCCn1cnc2sc(C(=O)OCCOc3ccccc3)c(C)c2c1=O. The highest BCUT2D eigenvalue weighted by Gasteiger charge is 2.20. The van der Waals surface area contributed by atoms with Crippen LogP contribution in [0, 0.1) is 6.92 Å². The van der Waals surface area contributed by atoms with Crippen LogP contribution in [0.4, 0.5) is 0 Å². The van der Waals surface area contributed by atoms with E-state index in [1.54, 1.807) is 17.8 Å². The number of fused-ring (bicyclic) bond motifs is 1. The maximum atomic E-state index is 12.7. The highest BCUT2D eigenvalue weighted by molar-refractivity contribution is 7.20. The van der Waals surface area contributed by atoms with Crippen LogP contribution in [-0.4, -0.2) is 28.7 Å². The highest BCUT2D eigenvalue weighted by Crippen LogP contribution is 2.27. The van der Waals surface area contributed by atoms with Crippen LogP contribution in [0.5, 0.6) is 5.75 Å². The van der Waals surface area contributed by atoms with Gasteiger partial charge in [0.15, 0.2) is 0 Å². The van der Waals surface area contributed by atoms with Gasteiger partial charge in [-0.05, 0) is 31.0 Å². The van der Waals surface area contributed by atoms with Gasteiger partial charge < -0.3 is 9.47 Å². The molecule has 27 heavy (non-hydrogen) atoms. The van der Waals surface area contributed by atoms with E-state index in [-0.39, 0.29) is 18.8 Å². The van der Waals surface area contributed by atoms with Crippen molar-refractivity contribution >= 4 is 27.5 Å². The maximum Gasteiger partial charge on any atom is 0.348 e. The second kappa shape index (κ2) is 8.81. The molecule has 2 aromatic heterocycles. The molecule has 7 heteroatoms. The third kappa shape index (κ3) is 4.36. The van der Waals surface area contributed by atoms with E-state index >= 15 is 0 Å². The fourth-order valence-electron chi connectivity index (χ4n) is 2.72. The first kappa shape index (κ1) is 19.1. The zero-order chi connectivity index (χ0) is 19.2. The number of carbonyl (C=O) groups is 1. The molecule has 3 aromatic rings. The fraction of sp³-hybridized carbons (Fsp3) is 0.350. The molecule has 3 rings (SSSR count). The molecule has 0 N–H and O–H groups in total. The summed E-state index contributed by atoms with van der Waals surface area (Å²) in [7, 11) is 0. The topological polar surface area (TPSA) is 70.4 Å². The van der Waals surface area contributed by atoms with Crippen LogP contribution in [0.1, 0.15) is 35.0 Å². The highest BCUT2D eigenvalue weighted by atomic mass is 32.1. The van der Waals surface area contributed by atoms with Crippen LogP contribution < -0.4 is 10.3 Å². The Bertz CT molecular complexity index is 979. The molecule has 0 aliphatic rings. The Kier molecular flexibility index (Phi) is 6.24. The summed E-state index contributed by atoms with van der Waals surface area (Å²) in [6, 6.07) is 9.34. The molecule has 0 fully saturated rings. The molecule has 1 aromatic carbocycles. The number of nitrogens with zero attached hydrogens (tertiary/aromatic N) is 2. The molecule has 0 amide bonds. The van der Waals surface area contributed by atoms with E-state index in [9.17, 15) is 9.59 Å². The van der Waals surface area contributed by atoms with Gasteiger partial charge in [0.2, 0.25) is 0 Å². The number of benzene rings is 1. The van der Waals surface area contributed by atoms with E-state index in [1.807, 2.05) is 30.3 Å². The number of unbranched alkanes of at least 4 members (excludes halogenated alkanes) is 1. The van der Waals surface area contributed by atoms with Gasteiger partial charge in [-0.3, -0.25) is 9.36 Å². The minimum atomic E-state index is -0.452. The zero-order valence-electron chi connectivity index (χ0n) is 15.4. The third-order valence-corrected chi connectivity index (χ3v) is 5.36. The molecule has 0 unspecified atom stereocenters. The monoisotopic (exact) mass is 386 g/mol. The molecule has 0 bridgehead atoms. The van der Waals surface area contributed by atoms with Crippen LogP contribution in [0.15, 0.2) is 41.5 Å². The molecule has 0 spiro atoms. The molecule has 6 nitrogen and oxygen atoms in total. The van der Waals surface area contributed by atoms with E-state index in [0.29, 0.717) is 27.2 Å². The number of hydrogen-bond acceptors (Lipinski definition) is 6. The summed E-state index contributed by atoms with van der Waals surface area (Å²) in [6.45, 7) is 4.87. The lowest BCUT2D eigenvalue weighted by Gasteiger charge is -2.07. The predicted molar refractivity (Wildman–Crippen MR) is 106 cm³/mol. The number of hydrogen-bond donors (Lipinski definition) is 0. The Morgan fingerprint density at radius 2 is 2.00 bits per heavy atom. The molecular formula is C20H22N2O4S. The van der Waals surface area contributed by atoms with Crippen molar-refractivity contribution in [2.45, 2.75) is 33.2 Å². The normalized spacial score (nSPS) is 10.9. The number of aryl methyl sites for hydroxylation is 2. The van der Waals surface area contributed by atoms with Gasteiger partial charge in [-0.15, -0.1) is 11.3 Å². The first-order valence-corrected chi connectivity index (χ1v) is 9.77. The van der Waals surface area contributed by atoms with E-state index in [0.717, 1.165) is 18.6 Å². The van der Waals surface area contributed by atoms with Crippen molar-refractivity contribution in [2.24, 2.45) is 0 Å². The molecule has 0 saturated heterocycles. The predicted octanol–water partition coefficient (Wildman–Crippen LogP) is 3.80. The molecule has 142 valence electrons. The number of rotatable bonds is 8. The van der Waals surface area contributed by atoms with Gasteiger partial charge in [-0.25, -0.2) is 9.78 Å². The van der Waals surface area contributed by atoms with Crippen LogP contribution in [0.2, 0.25) is 0 Å². The van der Waals surface area contributed by atoms with Gasteiger partial charge in [0, 0.05) is 6.54 Å². The van der Waals surface area contributed by atoms with Crippen molar-refractivity contribution in [3.63, 3.8) is 0 Å². The smallest absolute Gasteiger partial charge is 0.348 e. The van der Waals surface area contributed by atoms with Gasteiger partial charge in [0.05, 0.1) is 11.7 Å². The number of ether oxygens (including phenoxy) is 2. The quantitative estimate of drug-likeness (QED) is 0.435. The largest absolute Gasteiger partial charge is 0.490 e. The number of esters is 1. The Morgan fingerprint density at radius 1 is 1.22 bits per heavy atom. The Morgan fingerprint density at radius 3 is 2.74 bits per heavy atom. The average Bonchev–Trinajstić information content (AvgIpc) is 3.03. The maximum absolute atomic E-state index is 12.7. The summed E-state index contributed by atoms with van der Waals surface area (Å²) in [5.74, 6) is 0.273. The van der Waals surface area contributed by atoms with Gasteiger partial charge in [0.1, 0.15) is 28.7 Å². The third-order valence-electron chi connectivity index (χ3n) is 4.18. The Labute approximate surface area is 161 Å². The van der Waals surface area contributed by atoms with Crippen molar-refractivity contribution in [3.8, 4) is 5.75 Å². The summed E-state index contributed by atoms with van der Waals surface area (Å²) in [4.78, 5) is 30.4. The minimum absolute atomic E-state index is 0.103. The number of thiophene rings is 1. The van der Waals surface area contributed by atoms with Gasteiger partial charge in [0.25, 0.3) is 5.56 Å². The van der Waals surface area contributed by atoms with Crippen molar-refractivity contribution in [1.82, 2.24) is 9.55 Å². The van der Waals surface area contributed by atoms with Gasteiger partial charge in [-0.2, -0.15) is 0 Å². The second-order valence-corrected chi connectivity index (χ2v) is 7.13. The molecule has 0 radical (unpaired) electrons. The zero-order valence-corrected chi connectivity index (χ0v) is 16.3. The minimum Gasteiger partial charge on any atom is -0.490 e. The van der Waals surface area contributed by atoms with E-state index in [2.05, 4.69) is 11.9 Å².